The van der Waals surface area contributed by atoms with Crippen LogP contribution in [0.3, 0.4) is 0 Å². The van der Waals surface area contributed by atoms with E-state index >= 15 is 0 Å². The van der Waals surface area contributed by atoms with Crippen LogP contribution in [0.15, 0.2) is 65.8 Å². The molecule has 0 radical (unpaired) electrons. The lowest BCUT2D eigenvalue weighted by molar-refractivity contribution is -0.127. The summed E-state index contributed by atoms with van der Waals surface area (Å²) in [6, 6.07) is 12.8. The predicted octanol–water partition coefficient (Wildman–Crippen LogP) is 2.18. The monoisotopic (exact) mass is 594 g/mol. The molecule has 2 atom stereocenters. The van der Waals surface area contributed by atoms with Crippen LogP contribution in [-0.2, 0) is 21.9 Å². The zero-order valence-electron chi connectivity index (χ0n) is 23.3. The number of aromatic nitrogens is 2. The molecular formula is C29H34N6O6S. The minimum absolute atomic E-state index is 0.00327. The first-order valence-corrected chi connectivity index (χ1v) is 15.5. The van der Waals surface area contributed by atoms with Crippen LogP contribution in [0.4, 0.5) is 10.5 Å². The number of aliphatic hydroxyl groups excluding tert-OH is 1. The minimum Gasteiger partial charge on any atom is -0.492 e. The number of piperidine rings is 1. The Hall–Kier alpha value is -3.94. The molecule has 2 saturated heterocycles. The molecule has 0 bridgehead atoms. The lowest BCUT2D eigenvalue weighted by atomic mass is 9.84. The molecular weight excluding hydrogens is 560 g/mol. The first-order valence-electron chi connectivity index (χ1n) is 14.0. The highest BCUT2D eigenvalue weighted by atomic mass is 32.2. The van der Waals surface area contributed by atoms with Crippen molar-refractivity contribution in [2.75, 3.05) is 31.6 Å². The zero-order valence-corrected chi connectivity index (χ0v) is 24.1. The van der Waals surface area contributed by atoms with Crippen LogP contribution in [0, 0.1) is 0 Å². The first kappa shape index (κ1) is 28.2. The van der Waals surface area contributed by atoms with Gasteiger partial charge in [-0.05, 0) is 42.7 Å². The van der Waals surface area contributed by atoms with Crippen molar-refractivity contribution in [3.05, 3.63) is 60.9 Å². The van der Waals surface area contributed by atoms with Gasteiger partial charge in [-0.2, -0.15) is 9.40 Å². The number of likely N-dealkylation sites (tertiary alicyclic amines) is 1. The van der Waals surface area contributed by atoms with E-state index in [9.17, 15) is 23.1 Å². The summed E-state index contributed by atoms with van der Waals surface area (Å²) < 4.78 is 36.7. The number of ether oxygens (including phenoxy) is 1. The Morgan fingerprint density at radius 1 is 1.12 bits per heavy atom. The summed E-state index contributed by atoms with van der Waals surface area (Å²) in [6.45, 7) is 0.763. The molecule has 42 heavy (non-hydrogen) atoms. The molecule has 6 rings (SSSR count). The standard InChI is InChI=1S/C29H34N6O6S/c1-33-18-21(17-30-33)20-7-8-26-25(15-20)41-14-11-29(32-27(37)24-16-23(36)19-35(24)42(26,39)40)9-12-34(13-10-29)28(38)31-22-5-3-2-4-6-22/h2-8,15,17-18,23-24,36H,9-14,16,19H2,1H3,(H,31,38)(H,32,37)/t23-,24+/m1/s1. The second-order valence-electron chi connectivity index (χ2n) is 11.2. The minimum atomic E-state index is -4.18. The van der Waals surface area contributed by atoms with Gasteiger partial charge in [0.2, 0.25) is 15.9 Å². The van der Waals surface area contributed by atoms with Crippen molar-refractivity contribution in [2.24, 2.45) is 7.05 Å². The Kier molecular flexibility index (Phi) is 7.41. The van der Waals surface area contributed by atoms with Crippen LogP contribution < -0.4 is 15.4 Å². The third-order valence-electron chi connectivity index (χ3n) is 8.36. The third kappa shape index (κ3) is 5.46. The average Bonchev–Trinajstić information content (AvgIpc) is 3.59. The number of fused-ring (bicyclic) bond motifs is 2. The first-order chi connectivity index (χ1) is 20.1. The molecule has 222 valence electrons. The highest BCUT2D eigenvalue weighted by Gasteiger charge is 2.47. The van der Waals surface area contributed by atoms with Gasteiger partial charge >= 0.3 is 6.03 Å². The Morgan fingerprint density at radius 2 is 1.88 bits per heavy atom. The smallest absolute Gasteiger partial charge is 0.321 e. The average molecular weight is 595 g/mol. The van der Waals surface area contributed by atoms with Gasteiger partial charge in [0, 0.05) is 62.5 Å². The molecule has 3 aliphatic heterocycles. The van der Waals surface area contributed by atoms with Gasteiger partial charge in [0.05, 0.1) is 18.9 Å². The van der Waals surface area contributed by atoms with E-state index in [1.54, 1.807) is 35.0 Å². The largest absolute Gasteiger partial charge is 0.492 e. The van der Waals surface area contributed by atoms with Crippen LogP contribution in [0.5, 0.6) is 5.75 Å². The topological polar surface area (TPSA) is 146 Å². The van der Waals surface area contributed by atoms with Crippen LogP contribution in [0.1, 0.15) is 25.7 Å². The third-order valence-corrected chi connectivity index (χ3v) is 10.3. The van der Waals surface area contributed by atoms with E-state index in [2.05, 4.69) is 15.7 Å². The van der Waals surface area contributed by atoms with E-state index in [-0.39, 0.29) is 36.2 Å². The van der Waals surface area contributed by atoms with Crippen molar-refractivity contribution in [1.82, 2.24) is 24.3 Å². The molecule has 0 unspecified atom stereocenters. The Bertz CT molecular complexity index is 1580. The van der Waals surface area contributed by atoms with Gasteiger partial charge in [-0.15, -0.1) is 0 Å². The number of nitrogens with zero attached hydrogens (tertiary/aromatic N) is 4. The number of amides is 3. The number of hydrogen-bond donors (Lipinski definition) is 3. The van der Waals surface area contributed by atoms with E-state index in [1.807, 2.05) is 36.5 Å². The van der Waals surface area contributed by atoms with Crippen molar-refractivity contribution in [1.29, 1.82) is 0 Å². The summed E-state index contributed by atoms with van der Waals surface area (Å²) in [4.78, 5) is 28.2. The molecule has 13 heteroatoms. The maximum Gasteiger partial charge on any atom is 0.321 e. The number of rotatable bonds is 2. The van der Waals surface area contributed by atoms with Crippen LogP contribution >= 0.6 is 0 Å². The van der Waals surface area contributed by atoms with Gasteiger partial charge in [0.1, 0.15) is 16.7 Å². The fourth-order valence-electron chi connectivity index (χ4n) is 6.00. The van der Waals surface area contributed by atoms with Crippen LogP contribution in [0.25, 0.3) is 11.1 Å². The van der Waals surface area contributed by atoms with Gasteiger partial charge in [-0.3, -0.25) is 9.48 Å². The Morgan fingerprint density at radius 3 is 2.60 bits per heavy atom. The molecule has 3 aliphatic rings. The molecule has 0 aliphatic carbocycles. The van der Waals surface area contributed by atoms with Crippen molar-refractivity contribution in [3.8, 4) is 16.9 Å². The fourth-order valence-corrected chi connectivity index (χ4v) is 7.75. The quantitative estimate of drug-likeness (QED) is 0.412. The van der Waals surface area contributed by atoms with Gasteiger partial charge < -0.3 is 25.4 Å². The van der Waals surface area contributed by atoms with Gasteiger partial charge in [-0.25, -0.2) is 13.2 Å². The molecule has 3 aromatic rings. The maximum absolute atomic E-state index is 13.9. The zero-order chi connectivity index (χ0) is 29.5. The van der Waals surface area contributed by atoms with E-state index in [4.69, 9.17) is 4.74 Å². The van der Waals surface area contributed by atoms with E-state index in [1.165, 1.54) is 6.07 Å². The van der Waals surface area contributed by atoms with E-state index < -0.39 is 33.6 Å². The van der Waals surface area contributed by atoms with Crippen molar-refractivity contribution in [3.63, 3.8) is 0 Å². The highest BCUT2D eigenvalue weighted by Crippen LogP contribution is 2.37. The normalized spacial score (nSPS) is 23.7. The summed E-state index contributed by atoms with van der Waals surface area (Å²) in [5, 5.41) is 20.7. The summed E-state index contributed by atoms with van der Waals surface area (Å²) >= 11 is 0. The summed E-state index contributed by atoms with van der Waals surface area (Å²) in [7, 11) is -2.38. The number of hydrogen-bond acceptors (Lipinski definition) is 7. The van der Waals surface area contributed by atoms with Crippen LogP contribution in [0.2, 0.25) is 0 Å². The maximum atomic E-state index is 13.9. The van der Waals surface area contributed by atoms with Gasteiger partial charge in [0.15, 0.2) is 0 Å². The highest BCUT2D eigenvalue weighted by molar-refractivity contribution is 7.89. The second kappa shape index (κ2) is 11.0. The number of benzene rings is 2. The molecule has 0 saturated carbocycles. The number of para-hydroxylation sites is 1. The van der Waals surface area contributed by atoms with Crippen molar-refractivity contribution >= 4 is 27.6 Å². The van der Waals surface area contributed by atoms with Crippen molar-refractivity contribution in [2.45, 2.75) is 48.3 Å². The Balaban J connectivity index is 1.28. The van der Waals surface area contributed by atoms with E-state index in [0.717, 1.165) is 15.4 Å². The summed E-state index contributed by atoms with van der Waals surface area (Å²) in [5.74, 6) is -0.270. The molecule has 2 aromatic carbocycles. The Labute approximate surface area is 244 Å². The fraction of sp³-hybridized carbons (Fsp3) is 0.414. The summed E-state index contributed by atoms with van der Waals surface area (Å²) in [5.41, 5.74) is 1.53. The number of aliphatic hydroxyl groups is 1. The number of urea groups is 1. The molecule has 3 amide bonds. The lowest BCUT2D eigenvalue weighted by Crippen LogP contribution is -2.60. The number of sulfonamides is 1. The predicted molar refractivity (Wildman–Crippen MR) is 154 cm³/mol. The number of aryl methyl sites for hydroxylation is 1. The van der Waals surface area contributed by atoms with Crippen molar-refractivity contribution < 1.29 is 27.9 Å². The SMILES string of the molecule is Cn1cc(-c2ccc3c(c2)OCCC2(CCN(C(=O)Nc4ccccc4)CC2)NC(=O)[C@@H]2C[C@@H](O)CN2S3(=O)=O)cn1. The number of carbonyl (C=O) groups excluding carboxylic acids is 2. The van der Waals surface area contributed by atoms with Gasteiger partial charge in [0.25, 0.3) is 0 Å². The lowest BCUT2D eigenvalue weighted by Gasteiger charge is -2.43. The molecule has 4 heterocycles. The molecule has 1 spiro atoms. The van der Waals surface area contributed by atoms with Crippen LogP contribution in [-0.4, -0.2) is 88.4 Å². The summed E-state index contributed by atoms with van der Waals surface area (Å²) in [6.07, 6.45) is 3.89. The van der Waals surface area contributed by atoms with E-state index in [0.29, 0.717) is 38.0 Å². The number of anilines is 1. The second-order valence-corrected chi connectivity index (χ2v) is 13.1. The molecule has 3 N–H and O–H groups in total. The van der Waals surface area contributed by atoms with Gasteiger partial charge in [-0.1, -0.05) is 24.3 Å². The molecule has 1 aromatic heterocycles. The molecule has 2 fully saturated rings. The number of nitrogens with one attached hydrogen (secondary N) is 2. The molecule has 12 nitrogen and oxygen atoms in total. The number of carbonyl (C=O) groups is 2.